The molecule has 1 aromatic heterocycles. The third kappa shape index (κ3) is 3.27. The number of aromatic nitrogens is 1. The molecule has 5 nitrogen and oxygen atoms in total. The number of nitrogens with one attached hydrogen (secondary N) is 3. The number of halogens is 1. The highest BCUT2D eigenvalue weighted by Gasteiger charge is 2.30. The van der Waals surface area contributed by atoms with Crippen LogP contribution in [-0.4, -0.2) is 16.9 Å². The van der Waals surface area contributed by atoms with E-state index >= 15 is 0 Å². The summed E-state index contributed by atoms with van der Waals surface area (Å²) in [4.78, 5) is 16.7. The summed E-state index contributed by atoms with van der Waals surface area (Å²) in [7, 11) is 0. The molecule has 2 heterocycles. The lowest BCUT2D eigenvalue weighted by Gasteiger charge is -2.12. The van der Waals surface area contributed by atoms with Crippen LogP contribution in [0.15, 0.2) is 42.6 Å². The third-order valence-corrected chi connectivity index (χ3v) is 3.96. The molecular formula is C16H17ClN4O. The molecule has 0 aliphatic carbocycles. The summed E-state index contributed by atoms with van der Waals surface area (Å²) in [6, 6.07) is 10.9. The fraction of sp³-hybridized carbons (Fsp3) is 0.250. The van der Waals surface area contributed by atoms with Crippen molar-refractivity contribution in [1.29, 1.82) is 0 Å². The smallest absolute Gasteiger partial charge is 0.242 e. The molecule has 0 saturated carbocycles. The van der Waals surface area contributed by atoms with Gasteiger partial charge in [-0.2, -0.15) is 0 Å². The molecular weight excluding hydrogens is 300 g/mol. The summed E-state index contributed by atoms with van der Waals surface area (Å²) in [6.45, 7) is 1.93. The van der Waals surface area contributed by atoms with Gasteiger partial charge in [-0.25, -0.2) is 10.9 Å². The highest BCUT2D eigenvalue weighted by Crippen LogP contribution is 2.23. The Morgan fingerprint density at radius 3 is 2.95 bits per heavy atom. The quantitative estimate of drug-likeness (QED) is 0.814. The van der Waals surface area contributed by atoms with Crippen molar-refractivity contribution in [3.8, 4) is 0 Å². The molecule has 2 aromatic rings. The van der Waals surface area contributed by atoms with E-state index in [0.29, 0.717) is 11.4 Å². The van der Waals surface area contributed by atoms with Crippen LogP contribution in [0.2, 0.25) is 5.02 Å². The van der Waals surface area contributed by atoms with Gasteiger partial charge in [0.05, 0.1) is 11.7 Å². The predicted molar refractivity (Wildman–Crippen MR) is 86.5 cm³/mol. The molecule has 0 radical (unpaired) electrons. The van der Waals surface area contributed by atoms with Crippen LogP contribution in [0.1, 0.15) is 23.7 Å². The number of carbonyl (C=O) groups is 1. The number of rotatable bonds is 3. The standard InChI is InChI=1S/C16H17ClN4O/c1-10-5-6-11(17)8-13(10)19-16(22)15-9-14(20-21-15)12-4-2-3-7-18-12/h2-8,14-15,20-21H,9H2,1H3,(H,19,22). The van der Waals surface area contributed by atoms with E-state index in [-0.39, 0.29) is 18.0 Å². The fourth-order valence-corrected chi connectivity index (χ4v) is 2.62. The van der Waals surface area contributed by atoms with Gasteiger partial charge in [0.2, 0.25) is 5.91 Å². The topological polar surface area (TPSA) is 66.0 Å². The minimum atomic E-state index is -0.314. The highest BCUT2D eigenvalue weighted by molar-refractivity contribution is 6.31. The van der Waals surface area contributed by atoms with E-state index in [2.05, 4.69) is 21.2 Å². The second-order valence-electron chi connectivity index (χ2n) is 5.33. The average molecular weight is 317 g/mol. The maximum atomic E-state index is 12.4. The van der Waals surface area contributed by atoms with Gasteiger partial charge in [-0.05, 0) is 43.2 Å². The summed E-state index contributed by atoms with van der Waals surface area (Å²) < 4.78 is 0. The summed E-state index contributed by atoms with van der Waals surface area (Å²) in [5, 5.41) is 3.52. The molecule has 2 unspecified atom stereocenters. The summed E-state index contributed by atoms with van der Waals surface area (Å²) in [5.41, 5.74) is 8.77. The number of hydrogen-bond donors (Lipinski definition) is 3. The van der Waals surface area contributed by atoms with Gasteiger partial charge >= 0.3 is 0 Å². The van der Waals surface area contributed by atoms with Gasteiger partial charge in [0.25, 0.3) is 0 Å². The molecule has 2 atom stereocenters. The molecule has 1 aliphatic heterocycles. The number of hydrogen-bond acceptors (Lipinski definition) is 4. The van der Waals surface area contributed by atoms with Crippen LogP contribution in [-0.2, 0) is 4.79 Å². The Hall–Kier alpha value is -1.95. The van der Waals surface area contributed by atoms with E-state index in [0.717, 1.165) is 16.9 Å². The number of anilines is 1. The zero-order chi connectivity index (χ0) is 15.5. The van der Waals surface area contributed by atoms with E-state index in [1.807, 2.05) is 31.2 Å². The Kier molecular flexibility index (Phi) is 4.38. The maximum Gasteiger partial charge on any atom is 0.242 e. The number of aryl methyl sites for hydroxylation is 1. The van der Waals surface area contributed by atoms with Gasteiger partial charge in [-0.3, -0.25) is 9.78 Å². The van der Waals surface area contributed by atoms with Crippen molar-refractivity contribution in [3.63, 3.8) is 0 Å². The van der Waals surface area contributed by atoms with Crippen molar-refractivity contribution < 1.29 is 4.79 Å². The Morgan fingerprint density at radius 1 is 1.32 bits per heavy atom. The van der Waals surface area contributed by atoms with Gasteiger partial charge in [0, 0.05) is 16.9 Å². The fourth-order valence-electron chi connectivity index (χ4n) is 2.45. The Balaban J connectivity index is 1.66. The van der Waals surface area contributed by atoms with Crippen LogP contribution in [0, 0.1) is 6.92 Å². The molecule has 0 bridgehead atoms. The van der Waals surface area contributed by atoms with Gasteiger partial charge in [0.1, 0.15) is 6.04 Å². The molecule has 1 fully saturated rings. The van der Waals surface area contributed by atoms with Crippen molar-refractivity contribution in [2.24, 2.45) is 0 Å². The number of carbonyl (C=O) groups excluding carboxylic acids is 1. The van der Waals surface area contributed by atoms with E-state index in [1.54, 1.807) is 18.3 Å². The lowest BCUT2D eigenvalue weighted by atomic mass is 10.1. The second-order valence-corrected chi connectivity index (χ2v) is 5.77. The first-order chi connectivity index (χ1) is 10.6. The van der Waals surface area contributed by atoms with Crippen molar-refractivity contribution in [1.82, 2.24) is 15.8 Å². The van der Waals surface area contributed by atoms with Crippen molar-refractivity contribution in [3.05, 3.63) is 58.9 Å². The van der Waals surface area contributed by atoms with Crippen molar-refractivity contribution in [2.45, 2.75) is 25.4 Å². The zero-order valence-electron chi connectivity index (χ0n) is 12.1. The normalized spacial score (nSPS) is 20.8. The van der Waals surface area contributed by atoms with E-state index in [4.69, 9.17) is 11.6 Å². The molecule has 3 rings (SSSR count). The van der Waals surface area contributed by atoms with Gasteiger partial charge < -0.3 is 5.32 Å². The van der Waals surface area contributed by atoms with Crippen LogP contribution >= 0.6 is 11.6 Å². The number of nitrogens with zero attached hydrogens (tertiary/aromatic N) is 1. The summed E-state index contributed by atoms with van der Waals surface area (Å²) >= 11 is 5.98. The molecule has 1 saturated heterocycles. The van der Waals surface area contributed by atoms with Crippen LogP contribution in [0.4, 0.5) is 5.69 Å². The maximum absolute atomic E-state index is 12.4. The molecule has 0 spiro atoms. The largest absolute Gasteiger partial charge is 0.324 e. The predicted octanol–water partition coefficient (Wildman–Crippen LogP) is 2.59. The molecule has 6 heteroatoms. The van der Waals surface area contributed by atoms with Crippen LogP contribution < -0.4 is 16.2 Å². The Morgan fingerprint density at radius 2 is 2.18 bits per heavy atom. The summed E-state index contributed by atoms with van der Waals surface area (Å²) in [6.07, 6.45) is 2.39. The van der Waals surface area contributed by atoms with Gasteiger partial charge in [-0.1, -0.05) is 23.7 Å². The minimum absolute atomic E-state index is 0.0254. The number of amides is 1. The summed E-state index contributed by atoms with van der Waals surface area (Å²) in [5.74, 6) is -0.0868. The first-order valence-corrected chi connectivity index (χ1v) is 7.50. The number of pyridine rings is 1. The van der Waals surface area contributed by atoms with Crippen LogP contribution in [0.25, 0.3) is 0 Å². The van der Waals surface area contributed by atoms with Gasteiger partial charge in [0.15, 0.2) is 0 Å². The van der Waals surface area contributed by atoms with Crippen LogP contribution in [0.3, 0.4) is 0 Å². The molecule has 3 N–H and O–H groups in total. The molecule has 1 aromatic carbocycles. The van der Waals surface area contributed by atoms with Gasteiger partial charge in [-0.15, -0.1) is 0 Å². The lowest BCUT2D eigenvalue weighted by Crippen LogP contribution is -2.39. The number of benzene rings is 1. The SMILES string of the molecule is Cc1ccc(Cl)cc1NC(=O)C1CC(c2ccccn2)NN1. The Bertz CT molecular complexity index is 677. The monoisotopic (exact) mass is 316 g/mol. The molecule has 114 valence electrons. The minimum Gasteiger partial charge on any atom is -0.324 e. The van der Waals surface area contributed by atoms with E-state index < -0.39 is 0 Å². The molecule has 22 heavy (non-hydrogen) atoms. The van der Waals surface area contributed by atoms with Crippen molar-refractivity contribution >= 4 is 23.2 Å². The first kappa shape index (κ1) is 15.0. The number of hydrazine groups is 1. The third-order valence-electron chi connectivity index (χ3n) is 3.72. The first-order valence-electron chi connectivity index (χ1n) is 7.12. The lowest BCUT2D eigenvalue weighted by molar-refractivity contribution is -0.117. The second kappa shape index (κ2) is 6.44. The van der Waals surface area contributed by atoms with Crippen LogP contribution in [0.5, 0.6) is 0 Å². The van der Waals surface area contributed by atoms with E-state index in [9.17, 15) is 4.79 Å². The molecule has 1 amide bonds. The average Bonchev–Trinajstić information content (AvgIpc) is 3.02. The molecule has 1 aliphatic rings. The van der Waals surface area contributed by atoms with Crippen molar-refractivity contribution in [2.75, 3.05) is 5.32 Å². The van der Waals surface area contributed by atoms with E-state index in [1.165, 1.54) is 0 Å². The highest BCUT2D eigenvalue weighted by atomic mass is 35.5. The zero-order valence-corrected chi connectivity index (χ0v) is 12.9. The Labute approximate surface area is 134 Å².